The van der Waals surface area contributed by atoms with E-state index in [0.29, 0.717) is 16.9 Å². The summed E-state index contributed by atoms with van der Waals surface area (Å²) in [7, 11) is 0. The Bertz CT molecular complexity index is 930. The number of nitrogens with zero attached hydrogens (tertiary/aromatic N) is 1. The quantitative estimate of drug-likeness (QED) is 0.348. The molecule has 2 aromatic carbocycles. The van der Waals surface area contributed by atoms with Crippen LogP contribution in [0.2, 0.25) is 0 Å². The molecule has 1 heterocycles. The fraction of sp³-hybridized carbons (Fsp3) is 0.385. The van der Waals surface area contributed by atoms with E-state index < -0.39 is 18.4 Å². The Kier molecular flexibility index (Phi) is 7.22. The van der Waals surface area contributed by atoms with Crippen molar-refractivity contribution >= 4 is 12.2 Å². The van der Waals surface area contributed by atoms with E-state index in [1.807, 2.05) is 24.3 Å². The van der Waals surface area contributed by atoms with Gasteiger partial charge in [0.1, 0.15) is 0 Å². The lowest BCUT2D eigenvalue weighted by atomic mass is 9.81. The van der Waals surface area contributed by atoms with E-state index in [-0.39, 0.29) is 17.9 Å². The molecule has 4 rings (SSSR count). The van der Waals surface area contributed by atoms with Gasteiger partial charge >= 0.3 is 5.97 Å². The maximum Gasteiger partial charge on any atom is 0.338 e. The summed E-state index contributed by atoms with van der Waals surface area (Å²) in [6.07, 6.45) is 5.86. The molecule has 0 spiro atoms. The fourth-order valence-corrected chi connectivity index (χ4v) is 4.56. The summed E-state index contributed by atoms with van der Waals surface area (Å²) in [6, 6.07) is 19.0. The van der Waals surface area contributed by atoms with E-state index in [4.69, 9.17) is 14.3 Å². The minimum absolute atomic E-state index is 0.0829. The van der Waals surface area contributed by atoms with Gasteiger partial charge in [-0.05, 0) is 37.0 Å². The molecule has 6 nitrogen and oxygen atoms in total. The maximum absolute atomic E-state index is 12.6. The standard InChI is InChI=1S/C26H29NO5/c1-2-11-22-24(30-25(28)20-14-7-4-8-15-20)18-27(29)32-26(22)31-23-17-10-9-16-21(23)19-12-5-3-6-13-19/h2-8,12-15,18,21-24,26H,1,9-11,16-17H2/t21-,22?,23+,24?,26?/m0/s1. The lowest BCUT2D eigenvalue weighted by molar-refractivity contribution is -0.773. The molecule has 2 aromatic rings. The zero-order chi connectivity index (χ0) is 22.3. The van der Waals surface area contributed by atoms with Gasteiger partial charge in [-0.15, -0.1) is 6.58 Å². The molecular formula is C26H29NO5. The molecule has 168 valence electrons. The third kappa shape index (κ3) is 5.19. The summed E-state index contributed by atoms with van der Waals surface area (Å²) in [6.45, 7) is 3.83. The lowest BCUT2D eigenvalue weighted by Gasteiger charge is -2.40. The van der Waals surface area contributed by atoms with Crippen LogP contribution in [0.5, 0.6) is 0 Å². The van der Waals surface area contributed by atoms with Crippen molar-refractivity contribution in [1.29, 1.82) is 0 Å². The van der Waals surface area contributed by atoms with E-state index >= 15 is 0 Å². The van der Waals surface area contributed by atoms with Gasteiger partial charge in [-0.1, -0.05) is 67.4 Å². The molecule has 32 heavy (non-hydrogen) atoms. The number of carbonyl (C=O) groups excluding carboxylic acids is 1. The van der Waals surface area contributed by atoms with Crippen LogP contribution in [0.1, 0.15) is 53.9 Å². The fourth-order valence-electron chi connectivity index (χ4n) is 4.56. The van der Waals surface area contributed by atoms with E-state index in [1.54, 1.807) is 30.3 Å². The molecule has 2 aliphatic rings. The molecule has 0 aromatic heterocycles. The van der Waals surface area contributed by atoms with Gasteiger partial charge in [-0.2, -0.15) is 0 Å². The summed E-state index contributed by atoms with van der Waals surface area (Å²) in [4.78, 5) is 18.5. The molecule has 0 saturated heterocycles. The summed E-state index contributed by atoms with van der Waals surface area (Å²) < 4.78 is 12.1. The van der Waals surface area contributed by atoms with Gasteiger partial charge in [-0.25, -0.2) is 4.79 Å². The van der Waals surface area contributed by atoms with Crippen molar-refractivity contribution in [1.82, 2.24) is 0 Å². The molecule has 0 radical (unpaired) electrons. The summed E-state index contributed by atoms with van der Waals surface area (Å²) in [5, 5.41) is 12.3. The van der Waals surface area contributed by atoms with Gasteiger partial charge in [-0.3, -0.25) is 5.21 Å². The van der Waals surface area contributed by atoms with E-state index in [0.717, 1.165) is 25.7 Å². The van der Waals surface area contributed by atoms with Crippen molar-refractivity contribution < 1.29 is 24.0 Å². The number of hydrogen-bond acceptors (Lipinski definition) is 5. The Balaban J connectivity index is 1.52. The lowest BCUT2D eigenvalue weighted by Crippen LogP contribution is -2.48. The van der Waals surface area contributed by atoms with Crippen LogP contribution < -0.4 is 0 Å². The van der Waals surface area contributed by atoms with Crippen LogP contribution in [0.4, 0.5) is 0 Å². The minimum atomic E-state index is -0.835. The zero-order valence-electron chi connectivity index (χ0n) is 18.0. The van der Waals surface area contributed by atoms with Gasteiger partial charge in [0, 0.05) is 10.8 Å². The van der Waals surface area contributed by atoms with Gasteiger partial charge < -0.3 is 14.3 Å². The third-order valence-corrected chi connectivity index (χ3v) is 6.18. The average Bonchev–Trinajstić information content (AvgIpc) is 2.82. The van der Waals surface area contributed by atoms with Crippen LogP contribution in [0.3, 0.4) is 0 Å². The number of allylic oxidation sites excluding steroid dienone is 1. The minimum Gasteiger partial charge on any atom is -0.447 e. The highest BCUT2D eigenvalue weighted by atomic mass is 16.9. The van der Waals surface area contributed by atoms with Gasteiger partial charge in [0.15, 0.2) is 12.4 Å². The summed E-state index contributed by atoms with van der Waals surface area (Å²) >= 11 is 0. The van der Waals surface area contributed by atoms with Gasteiger partial charge in [0.2, 0.25) is 0 Å². The van der Waals surface area contributed by atoms with Crippen molar-refractivity contribution in [2.45, 2.75) is 56.5 Å². The second-order valence-electron chi connectivity index (χ2n) is 8.31. The molecule has 0 bridgehead atoms. The Morgan fingerprint density at radius 3 is 2.50 bits per heavy atom. The Hall–Kier alpha value is -3.12. The van der Waals surface area contributed by atoms with Crippen LogP contribution >= 0.6 is 0 Å². The molecule has 6 heteroatoms. The molecule has 5 atom stereocenters. The van der Waals surface area contributed by atoms with Crippen molar-refractivity contribution in [3.8, 4) is 0 Å². The van der Waals surface area contributed by atoms with Crippen LogP contribution in [0.25, 0.3) is 0 Å². The van der Waals surface area contributed by atoms with Crippen LogP contribution in [0, 0.1) is 11.1 Å². The Labute approximate surface area is 188 Å². The first kappa shape index (κ1) is 22.1. The average molecular weight is 436 g/mol. The normalized spacial score (nSPS) is 27.6. The molecule has 1 aliphatic carbocycles. The smallest absolute Gasteiger partial charge is 0.338 e. The van der Waals surface area contributed by atoms with Gasteiger partial charge in [0.05, 0.1) is 17.6 Å². The summed E-state index contributed by atoms with van der Waals surface area (Å²) in [5.41, 5.74) is 1.65. The Morgan fingerprint density at radius 2 is 1.78 bits per heavy atom. The first-order chi connectivity index (χ1) is 15.7. The number of esters is 1. The van der Waals surface area contributed by atoms with Crippen molar-refractivity contribution in [2.75, 3.05) is 0 Å². The Morgan fingerprint density at radius 1 is 1.09 bits per heavy atom. The van der Waals surface area contributed by atoms with Crippen molar-refractivity contribution in [3.63, 3.8) is 0 Å². The number of ether oxygens (including phenoxy) is 2. The predicted molar refractivity (Wildman–Crippen MR) is 121 cm³/mol. The monoisotopic (exact) mass is 435 g/mol. The van der Waals surface area contributed by atoms with E-state index in [1.165, 1.54) is 11.8 Å². The predicted octanol–water partition coefficient (Wildman–Crippen LogP) is 5.00. The first-order valence-corrected chi connectivity index (χ1v) is 11.2. The maximum atomic E-state index is 12.6. The van der Waals surface area contributed by atoms with E-state index in [2.05, 4.69) is 18.7 Å². The molecule has 1 fully saturated rings. The van der Waals surface area contributed by atoms with Crippen molar-refractivity contribution in [2.24, 2.45) is 5.92 Å². The van der Waals surface area contributed by atoms with E-state index in [9.17, 15) is 10.0 Å². The largest absolute Gasteiger partial charge is 0.447 e. The van der Waals surface area contributed by atoms with Crippen LogP contribution in [0.15, 0.2) is 73.3 Å². The van der Waals surface area contributed by atoms with Crippen LogP contribution in [-0.4, -0.2) is 35.6 Å². The SMILES string of the molecule is C=CCC1C(OC(=O)c2ccccc2)C=[N+]([O-])OC1O[C@@H]1CCCC[C@H]1c1ccccc1. The molecule has 1 saturated carbocycles. The number of benzene rings is 2. The number of carbonyl (C=O) groups is 1. The highest BCUT2D eigenvalue weighted by Crippen LogP contribution is 2.37. The second-order valence-corrected chi connectivity index (χ2v) is 8.31. The molecule has 0 amide bonds. The molecule has 3 unspecified atom stereocenters. The van der Waals surface area contributed by atoms with Crippen LogP contribution in [-0.2, 0) is 14.3 Å². The first-order valence-electron chi connectivity index (χ1n) is 11.2. The highest BCUT2D eigenvalue weighted by Gasteiger charge is 2.41. The van der Waals surface area contributed by atoms with Crippen molar-refractivity contribution in [3.05, 3.63) is 89.7 Å². The zero-order valence-corrected chi connectivity index (χ0v) is 18.0. The van der Waals surface area contributed by atoms with Gasteiger partial charge in [0.25, 0.3) is 6.21 Å². The highest BCUT2D eigenvalue weighted by molar-refractivity contribution is 5.90. The topological polar surface area (TPSA) is 70.8 Å². The number of hydrogen-bond donors (Lipinski definition) is 0. The summed E-state index contributed by atoms with van der Waals surface area (Å²) in [5.74, 6) is -0.632. The number of rotatable bonds is 7. The molecule has 1 aliphatic heterocycles. The molecule has 0 N–H and O–H groups in total. The molecular weight excluding hydrogens is 406 g/mol. The third-order valence-electron chi connectivity index (χ3n) is 6.18. The second kappa shape index (κ2) is 10.5.